The Morgan fingerprint density at radius 3 is 2.82 bits per heavy atom. The number of nitrogens with zero attached hydrogens (tertiary/aromatic N) is 3. The van der Waals surface area contributed by atoms with Gasteiger partial charge in [-0.15, -0.1) is 0 Å². The van der Waals surface area contributed by atoms with Crippen molar-refractivity contribution < 1.29 is 9.53 Å². The second kappa shape index (κ2) is 5.60. The first kappa shape index (κ1) is 14.3. The largest absolute Gasteiger partial charge is 0.496 e. The molecule has 0 bridgehead atoms. The average molecular weight is 295 g/mol. The van der Waals surface area contributed by atoms with E-state index in [0.29, 0.717) is 23.1 Å². The number of benzene rings is 1. The van der Waals surface area contributed by atoms with Gasteiger partial charge >= 0.3 is 0 Å². The van der Waals surface area contributed by atoms with E-state index in [2.05, 4.69) is 23.8 Å². The van der Waals surface area contributed by atoms with Gasteiger partial charge in [-0.3, -0.25) is 9.20 Å². The molecule has 0 saturated heterocycles. The van der Waals surface area contributed by atoms with Crippen LogP contribution in [-0.4, -0.2) is 27.8 Å². The van der Waals surface area contributed by atoms with E-state index in [9.17, 15) is 4.79 Å². The number of aromatic nitrogens is 3. The van der Waals surface area contributed by atoms with Crippen molar-refractivity contribution in [3.05, 3.63) is 47.9 Å². The van der Waals surface area contributed by atoms with Crippen molar-refractivity contribution in [2.45, 2.75) is 19.8 Å². The van der Waals surface area contributed by atoms with Crippen LogP contribution in [0.15, 0.2) is 36.7 Å². The number of ether oxygens (including phenoxy) is 1. The maximum atomic E-state index is 11.5. The van der Waals surface area contributed by atoms with Crippen LogP contribution in [0.1, 0.15) is 35.8 Å². The Morgan fingerprint density at radius 1 is 1.32 bits per heavy atom. The van der Waals surface area contributed by atoms with Gasteiger partial charge in [0.25, 0.3) is 0 Å². The Labute approximate surface area is 128 Å². The van der Waals surface area contributed by atoms with Crippen LogP contribution in [0.5, 0.6) is 5.75 Å². The number of hydrogen-bond acceptors (Lipinski definition) is 4. The van der Waals surface area contributed by atoms with Crippen LogP contribution in [0.2, 0.25) is 0 Å². The minimum Gasteiger partial charge on any atom is -0.496 e. The van der Waals surface area contributed by atoms with Crippen molar-refractivity contribution in [1.29, 1.82) is 0 Å². The number of aldehydes is 1. The molecule has 0 unspecified atom stereocenters. The molecular formula is C17H17N3O2. The summed E-state index contributed by atoms with van der Waals surface area (Å²) in [4.78, 5) is 20.2. The summed E-state index contributed by atoms with van der Waals surface area (Å²) in [5.41, 5.74) is 3.11. The third-order valence-corrected chi connectivity index (χ3v) is 3.68. The lowest BCUT2D eigenvalue weighted by Crippen LogP contribution is -1.96. The Kier molecular flexibility index (Phi) is 3.63. The van der Waals surface area contributed by atoms with Gasteiger partial charge in [0.15, 0.2) is 6.29 Å². The van der Waals surface area contributed by atoms with Crippen LogP contribution in [0.4, 0.5) is 0 Å². The molecule has 22 heavy (non-hydrogen) atoms. The quantitative estimate of drug-likeness (QED) is 0.693. The predicted octanol–water partition coefficient (Wildman–Crippen LogP) is 3.34. The van der Waals surface area contributed by atoms with Crippen LogP contribution >= 0.6 is 0 Å². The maximum Gasteiger partial charge on any atom is 0.234 e. The number of rotatable bonds is 4. The highest BCUT2D eigenvalue weighted by Crippen LogP contribution is 2.32. The summed E-state index contributed by atoms with van der Waals surface area (Å²) in [6, 6.07) is 7.63. The first-order valence-corrected chi connectivity index (χ1v) is 7.12. The molecule has 3 rings (SSSR count). The summed E-state index contributed by atoms with van der Waals surface area (Å²) in [6.45, 7) is 4.21. The smallest absolute Gasteiger partial charge is 0.234 e. The van der Waals surface area contributed by atoms with Crippen molar-refractivity contribution in [3.8, 4) is 17.0 Å². The third-order valence-electron chi connectivity index (χ3n) is 3.68. The molecule has 5 nitrogen and oxygen atoms in total. The van der Waals surface area contributed by atoms with Crippen molar-refractivity contribution in [1.82, 2.24) is 14.4 Å². The van der Waals surface area contributed by atoms with Crippen LogP contribution in [0.3, 0.4) is 0 Å². The van der Waals surface area contributed by atoms with Gasteiger partial charge in [-0.05, 0) is 35.7 Å². The minimum atomic E-state index is 0.310. The fraction of sp³-hybridized carbons (Fsp3) is 0.235. The summed E-state index contributed by atoms with van der Waals surface area (Å²) in [5.74, 6) is 1.67. The monoisotopic (exact) mass is 295 g/mol. The molecule has 0 spiro atoms. The van der Waals surface area contributed by atoms with Gasteiger partial charge in [-0.1, -0.05) is 13.8 Å². The van der Waals surface area contributed by atoms with Crippen molar-refractivity contribution in [2.75, 3.05) is 7.11 Å². The molecule has 0 atom stereocenters. The number of hydrogen-bond donors (Lipinski definition) is 0. The maximum absolute atomic E-state index is 11.5. The zero-order valence-electron chi connectivity index (χ0n) is 12.8. The Bertz CT molecular complexity index is 837. The van der Waals surface area contributed by atoms with E-state index in [-0.39, 0.29) is 0 Å². The van der Waals surface area contributed by atoms with E-state index in [1.54, 1.807) is 30.0 Å². The molecule has 2 heterocycles. The highest BCUT2D eigenvalue weighted by Gasteiger charge is 2.16. The first-order chi connectivity index (χ1) is 10.7. The van der Waals surface area contributed by atoms with Gasteiger partial charge in [0.1, 0.15) is 17.1 Å². The lowest BCUT2D eigenvalue weighted by atomic mass is 9.98. The van der Waals surface area contributed by atoms with Gasteiger partial charge in [0.2, 0.25) is 5.78 Å². The summed E-state index contributed by atoms with van der Waals surface area (Å²) in [7, 11) is 1.66. The van der Waals surface area contributed by atoms with Crippen LogP contribution in [-0.2, 0) is 0 Å². The molecule has 0 aliphatic rings. The normalized spacial score (nSPS) is 11.1. The summed E-state index contributed by atoms with van der Waals surface area (Å²) >= 11 is 0. The van der Waals surface area contributed by atoms with Gasteiger partial charge in [-0.2, -0.15) is 0 Å². The molecule has 112 valence electrons. The molecule has 0 aliphatic heterocycles. The van der Waals surface area contributed by atoms with E-state index in [4.69, 9.17) is 4.74 Å². The highest BCUT2D eigenvalue weighted by molar-refractivity contribution is 5.86. The van der Waals surface area contributed by atoms with Gasteiger partial charge in [0, 0.05) is 18.0 Å². The highest BCUT2D eigenvalue weighted by atomic mass is 16.5. The predicted molar refractivity (Wildman–Crippen MR) is 84.5 cm³/mol. The lowest BCUT2D eigenvalue weighted by molar-refractivity contribution is 0.111. The average Bonchev–Trinajstić information content (AvgIpc) is 2.92. The van der Waals surface area contributed by atoms with E-state index < -0.39 is 0 Å². The topological polar surface area (TPSA) is 56.5 Å². The summed E-state index contributed by atoms with van der Waals surface area (Å²) < 4.78 is 7.10. The van der Waals surface area contributed by atoms with E-state index in [0.717, 1.165) is 23.2 Å². The SMILES string of the molecule is COc1ccc(-c2nc3ncccn3c2C=O)cc1C(C)C. The van der Waals surface area contributed by atoms with Gasteiger partial charge in [-0.25, -0.2) is 9.97 Å². The van der Waals surface area contributed by atoms with Gasteiger partial charge < -0.3 is 4.74 Å². The number of fused-ring (bicyclic) bond motifs is 1. The molecule has 0 amide bonds. The summed E-state index contributed by atoms with van der Waals surface area (Å²) in [5, 5.41) is 0. The number of methoxy groups -OCH3 is 1. The molecule has 2 aromatic heterocycles. The first-order valence-electron chi connectivity index (χ1n) is 7.12. The Balaban J connectivity index is 2.23. The zero-order valence-corrected chi connectivity index (χ0v) is 12.8. The minimum absolute atomic E-state index is 0.310. The van der Waals surface area contributed by atoms with Crippen LogP contribution in [0, 0.1) is 0 Å². The fourth-order valence-corrected chi connectivity index (χ4v) is 2.56. The van der Waals surface area contributed by atoms with Gasteiger partial charge in [0.05, 0.1) is 7.11 Å². The molecule has 0 N–H and O–H groups in total. The van der Waals surface area contributed by atoms with E-state index in [1.807, 2.05) is 18.2 Å². The molecule has 5 heteroatoms. The number of imidazole rings is 1. The molecule has 0 fully saturated rings. The van der Waals surface area contributed by atoms with Crippen molar-refractivity contribution in [2.24, 2.45) is 0 Å². The molecule has 0 radical (unpaired) electrons. The molecule has 3 aromatic rings. The number of carbonyl (C=O) groups excluding carboxylic acids is 1. The van der Waals surface area contributed by atoms with Crippen molar-refractivity contribution in [3.63, 3.8) is 0 Å². The molecule has 0 aliphatic carbocycles. The van der Waals surface area contributed by atoms with Crippen molar-refractivity contribution >= 4 is 12.1 Å². The van der Waals surface area contributed by atoms with E-state index >= 15 is 0 Å². The standard InChI is InChI=1S/C17H17N3O2/c1-11(2)13-9-12(5-6-15(13)22-3)16-14(10-21)20-8-4-7-18-17(20)19-16/h4-11H,1-3H3. The molecular weight excluding hydrogens is 278 g/mol. The fourth-order valence-electron chi connectivity index (χ4n) is 2.56. The Morgan fingerprint density at radius 2 is 2.14 bits per heavy atom. The second-order valence-corrected chi connectivity index (χ2v) is 5.36. The van der Waals surface area contributed by atoms with E-state index in [1.165, 1.54) is 0 Å². The lowest BCUT2D eigenvalue weighted by Gasteiger charge is -2.13. The molecule has 1 aromatic carbocycles. The zero-order chi connectivity index (χ0) is 15.7. The second-order valence-electron chi connectivity index (χ2n) is 5.36. The molecule has 0 saturated carbocycles. The van der Waals surface area contributed by atoms with Crippen LogP contribution in [0.25, 0.3) is 17.0 Å². The summed E-state index contributed by atoms with van der Waals surface area (Å²) in [6.07, 6.45) is 4.26. The number of carbonyl (C=O) groups is 1. The Hall–Kier alpha value is -2.69. The van der Waals surface area contributed by atoms with Crippen LogP contribution < -0.4 is 4.74 Å². The third kappa shape index (κ3) is 2.24.